The van der Waals surface area contributed by atoms with Crippen LogP contribution in [0.2, 0.25) is 0 Å². The normalized spacial score (nSPS) is 12.3. The Labute approximate surface area is 216 Å². The maximum absolute atomic E-state index is 8.12. The van der Waals surface area contributed by atoms with Gasteiger partial charge in [0.15, 0.2) is 0 Å². The fraction of sp³-hybridized carbons (Fsp3) is 0. The molecule has 0 unspecified atom stereocenters. The maximum atomic E-state index is 8.12. The summed E-state index contributed by atoms with van der Waals surface area (Å²) in [4.78, 5) is 8.93. The molecule has 0 aliphatic carbocycles. The van der Waals surface area contributed by atoms with Gasteiger partial charge in [0.05, 0.1) is 0 Å². The van der Waals surface area contributed by atoms with E-state index in [0.717, 1.165) is 14.5 Å². The summed E-state index contributed by atoms with van der Waals surface area (Å²) in [5, 5.41) is 0. The summed E-state index contributed by atoms with van der Waals surface area (Å²) in [6.07, 6.45) is 3.46. The van der Waals surface area contributed by atoms with E-state index in [1.165, 1.54) is 17.7 Å². The summed E-state index contributed by atoms with van der Waals surface area (Å²) in [5.74, 6) is 1.16. The van der Waals surface area contributed by atoms with Crippen LogP contribution < -0.4 is 14.7 Å². The Hall–Kier alpha value is -2.67. The van der Waals surface area contributed by atoms with Crippen LogP contribution in [0.5, 0.6) is 11.6 Å². The second kappa shape index (κ2) is 9.67. The molecule has 5 heteroatoms. The Morgan fingerprint density at radius 3 is 2.45 bits per heavy atom. The van der Waals surface area contributed by atoms with Crippen molar-refractivity contribution < 1.29 is 27.2 Å². The van der Waals surface area contributed by atoms with Crippen molar-refractivity contribution in [3.63, 3.8) is 0 Å². The molecule has 0 bridgehead atoms. The quantitative estimate of drug-likeness (QED) is 0.200. The third-order valence-electron chi connectivity index (χ3n) is 5.31. The SMILES string of the molecule is [2H]c1ccn[c]([Bi]2[c]3[c-]c(-c4[c-]c(Oc5ccccn5)ccc4)ccc3-c3cccc[c]32)c1.[Pt+2]. The minimum atomic E-state index is -2.65. The Kier molecular flexibility index (Phi) is 6.13. The number of fused-ring (bicyclic) bond motifs is 3. The number of hydrogen-bond donors (Lipinski definition) is 0. The van der Waals surface area contributed by atoms with Crippen molar-refractivity contribution in [3.8, 4) is 33.9 Å². The van der Waals surface area contributed by atoms with E-state index < -0.39 is 21.8 Å². The minimum absolute atomic E-state index is 0. The van der Waals surface area contributed by atoms with Gasteiger partial charge in [-0.15, -0.1) is 0 Å². The van der Waals surface area contributed by atoms with E-state index in [9.17, 15) is 0 Å². The van der Waals surface area contributed by atoms with Gasteiger partial charge in [0, 0.05) is 0 Å². The van der Waals surface area contributed by atoms with Gasteiger partial charge in [-0.3, -0.25) is 0 Å². The Morgan fingerprint density at radius 1 is 0.727 bits per heavy atom. The average molecular weight is 803 g/mol. The molecule has 1 aliphatic heterocycles. The van der Waals surface area contributed by atoms with Gasteiger partial charge in [0.2, 0.25) is 0 Å². The Morgan fingerprint density at radius 2 is 1.58 bits per heavy atom. The van der Waals surface area contributed by atoms with Crippen LogP contribution >= 0.6 is 0 Å². The van der Waals surface area contributed by atoms with Crippen molar-refractivity contribution in [1.82, 2.24) is 9.97 Å². The summed E-state index contributed by atoms with van der Waals surface area (Å²) in [6, 6.07) is 35.6. The van der Waals surface area contributed by atoms with Crippen LogP contribution in [0.4, 0.5) is 0 Å². The van der Waals surface area contributed by atoms with Gasteiger partial charge < -0.3 is 0 Å². The molecule has 3 aromatic carbocycles. The van der Waals surface area contributed by atoms with Gasteiger partial charge in [-0.25, -0.2) is 0 Å². The monoisotopic (exact) mass is 802 g/mol. The fourth-order valence-electron chi connectivity index (χ4n) is 3.91. The molecule has 6 rings (SSSR count). The Bertz CT molecular complexity index is 1480. The van der Waals surface area contributed by atoms with Crippen molar-refractivity contribution in [2.45, 2.75) is 0 Å². The molecule has 0 saturated heterocycles. The Balaban J connectivity index is 0.00000241. The number of rotatable bonds is 4. The molecular formula is C28H17BiN2OPt. The first-order valence-electron chi connectivity index (χ1n) is 10.8. The van der Waals surface area contributed by atoms with Crippen molar-refractivity contribution >= 4 is 31.7 Å². The van der Waals surface area contributed by atoms with Gasteiger partial charge in [0.25, 0.3) is 0 Å². The number of benzene rings is 3. The van der Waals surface area contributed by atoms with Gasteiger partial charge in [0.1, 0.15) is 0 Å². The van der Waals surface area contributed by atoms with Gasteiger partial charge in [-0.2, -0.15) is 0 Å². The molecule has 0 saturated carbocycles. The van der Waals surface area contributed by atoms with Crippen LogP contribution in [-0.4, -0.2) is 31.7 Å². The number of hydrogen-bond acceptors (Lipinski definition) is 3. The number of nitrogens with zero attached hydrogens (tertiary/aromatic N) is 2. The number of pyridine rings is 2. The van der Waals surface area contributed by atoms with Crippen LogP contribution in [0.1, 0.15) is 1.37 Å². The van der Waals surface area contributed by atoms with Crippen LogP contribution in [0, 0.1) is 12.1 Å². The van der Waals surface area contributed by atoms with Gasteiger partial charge in [-0.05, 0) is 0 Å². The van der Waals surface area contributed by atoms with Gasteiger partial charge in [-0.1, -0.05) is 0 Å². The smallest absolute Gasteiger partial charge is 2.00 e. The van der Waals surface area contributed by atoms with E-state index in [1.807, 2.05) is 42.5 Å². The van der Waals surface area contributed by atoms with Gasteiger partial charge >= 0.3 is 218 Å². The number of ether oxygens (including phenoxy) is 1. The first-order chi connectivity index (χ1) is 16.3. The molecule has 33 heavy (non-hydrogen) atoms. The molecule has 1 aliphatic rings. The molecule has 5 aromatic rings. The summed E-state index contributed by atoms with van der Waals surface area (Å²) < 4.78 is 17.7. The molecular weight excluding hydrogens is 784 g/mol. The van der Waals surface area contributed by atoms with Crippen molar-refractivity contribution in [2.24, 2.45) is 0 Å². The topological polar surface area (TPSA) is 35.0 Å². The van der Waals surface area contributed by atoms with E-state index in [-0.39, 0.29) is 21.1 Å². The molecule has 0 fully saturated rings. The molecule has 0 radical (unpaired) electrons. The molecule has 0 N–H and O–H groups in total. The molecule has 3 nitrogen and oxygen atoms in total. The van der Waals surface area contributed by atoms with Crippen molar-refractivity contribution in [1.29, 1.82) is 0 Å². The molecule has 2 aromatic heterocycles. The zero-order valence-corrected chi connectivity index (χ0v) is 23.1. The summed E-state index contributed by atoms with van der Waals surface area (Å²) in [7, 11) is 0. The van der Waals surface area contributed by atoms with E-state index in [1.54, 1.807) is 18.5 Å². The summed E-state index contributed by atoms with van der Waals surface area (Å²) in [5.41, 5.74) is 4.43. The standard InChI is InChI=1S/C23H13NO.C5H4N.Bi.Pt/c1-2-7-18(8-3-1)19-12-14-20(15-13-19)21-9-6-10-22(17-21)25-23-11-4-5-16-24-23;1-2-4-6-5-3-1;;/h1-7,9-12,14,16H;1-4H;;/q-2;;;+2/i;1D;;. The predicted molar refractivity (Wildman–Crippen MR) is 128 cm³/mol. The first-order valence-corrected chi connectivity index (χ1v) is 15.5. The molecule has 3 heterocycles. The van der Waals surface area contributed by atoms with E-state index in [0.29, 0.717) is 17.7 Å². The van der Waals surface area contributed by atoms with E-state index in [4.69, 9.17) is 11.1 Å². The molecule has 0 amide bonds. The van der Waals surface area contributed by atoms with Crippen LogP contribution in [-0.2, 0) is 21.1 Å². The minimum Gasteiger partial charge on any atom is 2.00 e. The number of aromatic nitrogens is 2. The molecule has 0 spiro atoms. The van der Waals surface area contributed by atoms with Crippen LogP contribution in [0.3, 0.4) is 0 Å². The van der Waals surface area contributed by atoms with E-state index in [2.05, 4.69) is 53.5 Å². The summed E-state index contributed by atoms with van der Waals surface area (Å²) >= 11 is -2.65. The summed E-state index contributed by atoms with van der Waals surface area (Å²) in [6.45, 7) is 0. The molecule has 160 valence electrons. The average Bonchev–Trinajstić information content (AvgIpc) is 3.18. The van der Waals surface area contributed by atoms with E-state index >= 15 is 0 Å². The second-order valence-corrected chi connectivity index (χ2v) is 15.3. The molecule has 0 atom stereocenters. The zero-order valence-electron chi connectivity index (χ0n) is 18.3. The fourth-order valence-corrected chi connectivity index (χ4v) is 13.4. The maximum Gasteiger partial charge on any atom is 2.00 e. The zero-order chi connectivity index (χ0) is 22.2. The van der Waals surface area contributed by atoms with Crippen LogP contribution in [0.25, 0.3) is 22.3 Å². The third-order valence-corrected chi connectivity index (χ3v) is 14.5. The largest absolute Gasteiger partial charge is 2.00 e. The predicted octanol–water partition coefficient (Wildman–Crippen LogP) is 4.03. The van der Waals surface area contributed by atoms with Crippen LogP contribution in [0.15, 0.2) is 103 Å². The second-order valence-electron chi connectivity index (χ2n) is 7.30. The van der Waals surface area contributed by atoms with Crippen molar-refractivity contribution in [3.05, 3.63) is 115 Å². The van der Waals surface area contributed by atoms with Crippen molar-refractivity contribution in [2.75, 3.05) is 0 Å². The third kappa shape index (κ3) is 4.31. The first kappa shape index (κ1) is 20.9.